The first-order chi connectivity index (χ1) is 12.8. The van der Waals surface area contributed by atoms with Gasteiger partial charge in [-0.3, -0.25) is 14.3 Å². The third-order valence-corrected chi connectivity index (χ3v) is 5.66. The second kappa shape index (κ2) is 8.74. The van der Waals surface area contributed by atoms with Gasteiger partial charge in [-0.25, -0.2) is 13.5 Å². The third-order valence-electron chi connectivity index (χ3n) is 3.87. The van der Waals surface area contributed by atoms with Gasteiger partial charge < -0.3 is 9.47 Å². The Labute approximate surface area is 158 Å². The maximum absolute atomic E-state index is 13.1. The van der Waals surface area contributed by atoms with E-state index in [1.165, 1.54) is 50.6 Å². The number of nitrogens with zero attached hydrogens (tertiary/aromatic N) is 2. The first-order valence-electron chi connectivity index (χ1n) is 8.13. The summed E-state index contributed by atoms with van der Waals surface area (Å²) in [6, 6.07) is 12.1. The number of hydrogen-bond acceptors (Lipinski definition) is 6. The highest BCUT2D eigenvalue weighted by atomic mass is 32.2. The predicted octanol–water partition coefficient (Wildman–Crippen LogP) is 2.14. The van der Waals surface area contributed by atoms with Crippen LogP contribution in [-0.4, -0.2) is 51.9 Å². The SMILES string of the molecule is CCN(O)C(=O)CN(c1ccc(OC)cc1)S(=O)(=O)c1ccc(OC)cc1. The number of methoxy groups -OCH3 is 2. The summed E-state index contributed by atoms with van der Waals surface area (Å²) in [5.41, 5.74) is 0.268. The van der Waals surface area contributed by atoms with Crippen molar-refractivity contribution in [2.75, 3.05) is 31.6 Å². The Kier molecular flexibility index (Phi) is 6.65. The molecule has 1 amide bonds. The van der Waals surface area contributed by atoms with E-state index in [0.29, 0.717) is 16.6 Å². The van der Waals surface area contributed by atoms with Gasteiger partial charge in [0.25, 0.3) is 15.9 Å². The molecule has 2 aromatic carbocycles. The molecule has 0 fully saturated rings. The lowest BCUT2D eigenvalue weighted by Crippen LogP contribution is -2.41. The molecule has 0 radical (unpaired) electrons. The highest BCUT2D eigenvalue weighted by Gasteiger charge is 2.28. The highest BCUT2D eigenvalue weighted by molar-refractivity contribution is 7.92. The smallest absolute Gasteiger partial charge is 0.266 e. The van der Waals surface area contributed by atoms with Gasteiger partial charge in [-0.1, -0.05) is 0 Å². The van der Waals surface area contributed by atoms with Crippen LogP contribution in [0.4, 0.5) is 5.69 Å². The Morgan fingerprint density at radius 3 is 1.89 bits per heavy atom. The van der Waals surface area contributed by atoms with Crippen LogP contribution in [0.25, 0.3) is 0 Å². The average Bonchev–Trinajstić information content (AvgIpc) is 2.71. The zero-order chi connectivity index (χ0) is 20.0. The minimum absolute atomic E-state index is 0.00657. The second-order valence-electron chi connectivity index (χ2n) is 5.49. The topological polar surface area (TPSA) is 96.4 Å². The van der Waals surface area contributed by atoms with E-state index in [-0.39, 0.29) is 17.1 Å². The number of hydrogen-bond donors (Lipinski definition) is 1. The molecule has 0 aliphatic carbocycles. The van der Waals surface area contributed by atoms with Crippen molar-refractivity contribution in [3.05, 3.63) is 48.5 Å². The number of carbonyl (C=O) groups excluding carboxylic acids is 1. The zero-order valence-corrected chi connectivity index (χ0v) is 16.1. The Bertz CT molecular complexity index is 866. The van der Waals surface area contributed by atoms with Gasteiger partial charge >= 0.3 is 0 Å². The number of ether oxygens (including phenoxy) is 2. The normalized spacial score (nSPS) is 11.0. The molecular formula is C18H22N2O6S. The predicted molar refractivity (Wildman–Crippen MR) is 99.7 cm³/mol. The second-order valence-corrected chi connectivity index (χ2v) is 7.36. The quantitative estimate of drug-likeness (QED) is 0.544. The van der Waals surface area contributed by atoms with Crippen molar-refractivity contribution in [3.63, 3.8) is 0 Å². The maximum atomic E-state index is 13.1. The van der Waals surface area contributed by atoms with Crippen LogP contribution in [0.3, 0.4) is 0 Å². The fourth-order valence-corrected chi connectivity index (χ4v) is 3.73. The Hall–Kier alpha value is -2.78. The molecule has 0 bridgehead atoms. The number of anilines is 1. The fourth-order valence-electron chi connectivity index (χ4n) is 2.32. The number of rotatable bonds is 8. The van der Waals surface area contributed by atoms with E-state index in [0.717, 1.165) is 4.31 Å². The van der Waals surface area contributed by atoms with Crippen molar-refractivity contribution in [2.45, 2.75) is 11.8 Å². The van der Waals surface area contributed by atoms with Crippen LogP contribution < -0.4 is 13.8 Å². The number of sulfonamides is 1. The van der Waals surface area contributed by atoms with E-state index < -0.39 is 22.5 Å². The van der Waals surface area contributed by atoms with Gasteiger partial charge in [-0.05, 0) is 55.5 Å². The van der Waals surface area contributed by atoms with E-state index >= 15 is 0 Å². The largest absolute Gasteiger partial charge is 0.497 e. The van der Waals surface area contributed by atoms with Gasteiger partial charge in [0.2, 0.25) is 0 Å². The minimum atomic E-state index is -4.06. The van der Waals surface area contributed by atoms with E-state index in [9.17, 15) is 18.4 Å². The molecule has 0 atom stereocenters. The minimum Gasteiger partial charge on any atom is -0.497 e. The van der Waals surface area contributed by atoms with Crippen LogP contribution in [0, 0.1) is 0 Å². The molecule has 9 heteroatoms. The Balaban J connectivity index is 2.46. The van der Waals surface area contributed by atoms with Crippen LogP contribution in [0.1, 0.15) is 6.92 Å². The zero-order valence-electron chi connectivity index (χ0n) is 15.3. The van der Waals surface area contributed by atoms with Gasteiger partial charge in [-0.15, -0.1) is 0 Å². The maximum Gasteiger partial charge on any atom is 0.266 e. The molecule has 27 heavy (non-hydrogen) atoms. The summed E-state index contributed by atoms with van der Waals surface area (Å²) < 4.78 is 37.3. The molecule has 8 nitrogen and oxygen atoms in total. The van der Waals surface area contributed by atoms with Gasteiger partial charge in [0.05, 0.1) is 24.8 Å². The van der Waals surface area contributed by atoms with Crippen molar-refractivity contribution in [2.24, 2.45) is 0 Å². The van der Waals surface area contributed by atoms with E-state index in [1.54, 1.807) is 19.1 Å². The first kappa shape index (κ1) is 20.5. The van der Waals surface area contributed by atoms with Crippen molar-refractivity contribution < 1.29 is 27.9 Å². The lowest BCUT2D eigenvalue weighted by molar-refractivity contribution is -0.162. The summed E-state index contributed by atoms with van der Waals surface area (Å²) in [5, 5.41) is 10.1. The number of hydroxylamine groups is 2. The average molecular weight is 394 g/mol. The van der Waals surface area contributed by atoms with E-state index in [2.05, 4.69) is 0 Å². The standard InChI is InChI=1S/C18H22N2O6S/c1-4-19(22)18(21)13-20(14-5-7-15(25-2)8-6-14)27(23,24)17-11-9-16(26-3)10-12-17/h5-12,22H,4,13H2,1-3H3. The summed E-state index contributed by atoms with van der Waals surface area (Å²) in [6.07, 6.45) is 0. The van der Waals surface area contributed by atoms with Crippen LogP contribution in [0.5, 0.6) is 11.5 Å². The van der Waals surface area contributed by atoms with Gasteiger partial charge in [-0.2, -0.15) is 0 Å². The summed E-state index contributed by atoms with van der Waals surface area (Å²) in [4.78, 5) is 12.2. The molecule has 0 aliphatic rings. The van der Waals surface area contributed by atoms with Crippen molar-refractivity contribution >= 4 is 21.6 Å². The summed E-state index contributed by atoms with van der Waals surface area (Å²) in [7, 11) is -1.08. The van der Waals surface area contributed by atoms with Crippen molar-refractivity contribution in [1.82, 2.24) is 5.06 Å². The van der Waals surface area contributed by atoms with Crippen LogP contribution in [-0.2, 0) is 14.8 Å². The lowest BCUT2D eigenvalue weighted by Gasteiger charge is -2.25. The molecule has 2 rings (SSSR count). The summed E-state index contributed by atoms with van der Waals surface area (Å²) in [5.74, 6) is 0.308. The number of benzene rings is 2. The van der Waals surface area contributed by atoms with Gasteiger partial charge in [0, 0.05) is 6.54 Å². The monoisotopic (exact) mass is 394 g/mol. The molecule has 0 saturated carbocycles. The van der Waals surface area contributed by atoms with Crippen LogP contribution >= 0.6 is 0 Å². The molecule has 1 N–H and O–H groups in total. The molecule has 0 saturated heterocycles. The van der Waals surface area contributed by atoms with E-state index in [4.69, 9.17) is 9.47 Å². The van der Waals surface area contributed by atoms with Crippen molar-refractivity contribution in [3.8, 4) is 11.5 Å². The molecule has 0 aliphatic heterocycles. The molecular weight excluding hydrogens is 372 g/mol. The molecule has 146 valence electrons. The van der Waals surface area contributed by atoms with Gasteiger partial charge in [0.1, 0.15) is 18.0 Å². The highest BCUT2D eigenvalue weighted by Crippen LogP contribution is 2.27. The number of likely N-dealkylation sites (N-methyl/N-ethyl adjacent to an activating group) is 1. The van der Waals surface area contributed by atoms with Crippen LogP contribution in [0.2, 0.25) is 0 Å². The summed E-state index contributed by atoms with van der Waals surface area (Å²) >= 11 is 0. The molecule has 0 aromatic heterocycles. The van der Waals surface area contributed by atoms with E-state index in [1.807, 2.05) is 0 Å². The molecule has 0 heterocycles. The Morgan fingerprint density at radius 1 is 0.963 bits per heavy atom. The first-order valence-corrected chi connectivity index (χ1v) is 9.57. The molecule has 2 aromatic rings. The molecule has 0 spiro atoms. The summed E-state index contributed by atoms with van der Waals surface area (Å²) in [6.45, 7) is 1.07. The van der Waals surface area contributed by atoms with Crippen molar-refractivity contribution in [1.29, 1.82) is 0 Å². The van der Waals surface area contributed by atoms with Crippen LogP contribution in [0.15, 0.2) is 53.4 Å². The Morgan fingerprint density at radius 2 is 1.44 bits per heavy atom. The lowest BCUT2D eigenvalue weighted by atomic mass is 10.3. The third kappa shape index (κ3) is 4.69. The van der Waals surface area contributed by atoms with Gasteiger partial charge in [0.15, 0.2) is 0 Å². The number of carbonyl (C=O) groups is 1. The fraction of sp³-hybridized carbons (Fsp3) is 0.278. The molecule has 0 unspecified atom stereocenters. The number of amides is 1.